The van der Waals surface area contributed by atoms with E-state index >= 15 is 0 Å². The number of amides is 1. The lowest BCUT2D eigenvalue weighted by Gasteiger charge is -2.08. The molecule has 36 heavy (non-hydrogen) atoms. The lowest BCUT2D eigenvalue weighted by molar-refractivity contribution is -0.113. The van der Waals surface area contributed by atoms with E-state index < -0.39 is 5.97 Å². The quantitative estimate of drug-likeness (QED) is 0.233. The summed E-state index contributed by atoms with van der Waals surface area (Å²) in [5, 5.41) is 15.1. The van der Waals surface area contributed by atoms with Crippen LogP contribution >= 0.6 is 34.4 Å². The minimum absolute atomic E-state index is 0.155. The van der Waals surface area contributed by atoms with Crippen LogP contribution in [0.2, 0.25) is 0 Å². The standard InChI is InChI=1S/C26H26N4O3S3/c1-14-8-10-16(11-9-14)21-15(2)34-12-18(21)23-28-29-26(30(23)3)35-13-20(31)27-24-22(25(32)33-4)17-6-5-7-19(17)36-24/h8-12H,5-7,13H2,1-4H3,(H,27,31). The molecule has 0 spiro atoms. The zero-order valence-corrected chi connectivity index (χ0v) is 23.0. The number of rotatable bonds is 7. The third-order valence-corrected chi connectivity index (χ3v) is 9.43. The fourth-order valence-corrected chi connectivity index (χ4v) is 7.34. The van der Waals surface area contributed by atoms with Crippen molar-refractivity contribution in [2.75, 3.05) is 18.2 Å². The number of methoxy groups -OCH3 is 1. The van der Waals surface area contributed by atoms with Gasteiger partial charge in [-0.3, -0.25) is 4.79 Å². The number of esters is 1. The maximum atomic E-state index is 12.8. The number of aryl methyl sites for hydroxylation is 3. The van der Waals surface area contributed by atoms with Crippen LogP contribution in [0.1, 0.15) is 37.7 Å². The van der Waals surface area contributed by atoms with Crippen LogP contribution in [0.4, 0.5) is 5.00 Å². The summed E-state index contributed by atoms with van der Waals surface area (Å²) in [6.07, 6.45) is 2.80. The van der Waals surface area contributed by atoms with Crippen molar-refractivity contribution in [2.24, 2.45) is 7.05 Å². The Balaban J connectivity index is 1.32. The monoisotopic (exact) mass is 538 g/mol. The number of fused-ring (bicyclic) bond motifs is 1. The molecule has 3 aromatic heterocycles. The van der Waals surface area contributed by atoms with Crippen molar-refractivity contribution in [2.45, 2.75) is 38.3 Å². The van der Waals surface area contributed by atoms with Crippen LogP contribution in [0.3, 0.4) is 0 Å². The molecule has 0 radical (unpaired) electrons. The number of carbonyl (C=O) groups excluding carboxylic acids is 2. The van der Waals surface area contributed by atoms with E-state index in [9.17, 15) is 9.59 Å². The third-order valence-electron chi connectivity index (χ3n) is 6.29. The van der Waals surface area contributed by atoms with E-state index in [0.717, 1.165) is 52.2 Å². The van der Waals surface area contributed by atoms with Crippen LogP contribution < -0.4 is 5.32 Å². The zero-order chi connectivity index (χ0) is 25.4. The van der Waals surface area contributed by atoms with Crippen LogP contribution in [-0.4, -0.2) is 39.5 Å². The second-order valence-corrected chi connectivity index (χ2v) is 11.8. The Morgan fingerprint density at radius 1 is 1.17 bits per heavy atom. The summed E-state index contributed by atoms with van der Waals surface area (Å²) in [6, 6.07) is 8.49. The number of thiophene rings is 2. The number of aromatic nitrogens is 3. The van der Waals surface area contributed by atoms with Crippen molar-refractivity contribution in [3.63, 3.8) is 0 Å². The van der Waals surface area contributed by atoms with Gasteiger partial charge >= 0.3 is 5.97 Å². The van der Waals surface area contributed by atoms with Gasteiger partial charge in [0, 0.05) is 33.3 Å². The topological polar surface area (TPSA) is 86.1 Å². The van der Waals surface area contributed by atoms with Crippen LogP contribution in [0, 0.1) is 13.8 Å². The summed E-state index contributed by atoms with van der Waals surface area (Å²) in [6.45, 7) is 4.19. The highest BCUT2D eigenvalue weighted by atomic mass is 32.2. The summed E-state index contributed by atoms with van der Waals surface area (Å²) in [5.41, 5.74) is 6.08. The molecule has 1 aromatic carbocycles. The SMILES string of the molecule is COC(=O)c1c(NC(=O)CSc2nnc(-c3csc(C)c3-c3ccc(C)cc3)n2C)sc2c1CCC2. The number of nitrogens with zero attached hydrogens (tertiary/aromatic N) is 3. The fourth-order valence-electron chi connectivity index (χ4n) is 4.48. The normalized spacial score (nSPS) is 12.6. The van der Waals surface area contributed by atoms with Gasteiger partial charge in [0.25, 0.3) is 0 Å². The van der Waals surface area contributed by atoms with E-state index in [1.54, 1.807) is 11.3 Å². The highest BCUT2D eigenvalue weighted by Gasteiger charge is 2.28. The number of nitrogens with one attached hydrogen (secondary N) is 1. The molecule has 5 rings (SSSR count). The van der Waals surface area contributed by atoms with Crippen molar-refractivity contribution in [3.8, 4) is 22.5 Å². The van der Waals surface area contributed by atoms with E-state index in [2.05, 4.69) is 59.0 Å². The zero-order valence-electron chi connectivity index (χ0n) is 20.5. The molecule has 0 fully saturated rings. The molecule has 0 aliphatic heterocycles. The molecule has 4 aromatic rings. The van der Waals surface area contributed by atoms with E-state index in [0.29, 0.717) is 15.7 Å². The summed E-state index contributed by atoms with van der Waals surface area (Å²) < 4.78 is 6.90. The minimum Gasteiger partial charge on any atom is -0.465 e. The van der Waals surface area contributed by atoms with Gasteiger partial charge in [-0.05, 0) is 44.2 Å². The number of benzene rings is 1. The first-order valence-electron chi connectivity index (χ1n) is 11.6. The largest absolute Gasteiger partial charge is 0.465 e. The molecule has 0 atom stereocenters. The van der Waals surface area contributed by atoms with Crippen molar-refractivity contribution < 1.29 is 14.3 Å². The van der Waals surface area contributed by atoms with Gasteiger partial charge in [-0.1, -0.05) is 41.6 Å². The maximum Gasteiger partial charge on any atom is 0.341 e. The number of hydrogen-bond acceptors (Lipinski definition) is 8. The van der Waals surface area contributed by atoms with Crippen molar-refractivity contribution in [1.29, 1.82) is 0 Å². The molecule has 1 amide bonds. The average Bonchev–Trinajstić information content (AvgIpc) is 3.62. The van der Waals surface area contributed by atoms with Gasteiger partial charge in [-0.2, -0.15) is 0 Å². The molecule has 0 unspecified atom stereocenters. The van der Waals surface area contributed by atoms with Gasteiger partial charge in [0.15, 0.2) is 11.0 Å². The lowest BCUT2D eigenvalue weighted by Crippen LogP contribution is -2.16. The highest BCUT2D eigenvalue weighted by Crippen LogP contribution is 2.40. The van der Waals surface area contributed by atoms with Crippen molar-refractivity contribution in [1.82, 2.24) is 14.8 Å². The van der Waals surface area contributed by atoms with E-state index in [1.807, 2.05) is 11.6 Å². The molecule has 1 N–H and O–H groups in total. The second kappa shape index (κ2) is 10.2. The van der Waals surface area contributed by atoms with Crippen molar-refractivity contribution >= 4 is 51.3 Å². The Labute approximate surface area is 221 Å². The number of hydrogen-bond donors (Lipinski definition) is 1. The van der Waals surface area contributed by atoms with Gasteiger partial charge in [0.1, 0.15) is 5.00 Å². The maximum absolute atomic E-state index is 12.8. The van der Waals surface area contributed by atoms with E-state index in [-0.39, 0.29) is 11.7 Å². The number of carbonyl (C=O) groups is 2. The number of thioether (sulfide) groups is 1. The first-order chi connectivity index (χ1) is 17.4. The average molecular weight is 539 g/mol. The summed E-state index contributed by atoms with van der Waals surface area (Å²) in [4.78, 5) is 27.5. The Bertz CT molecular complexity index is 1450. The molecule has 1 aliphatic carbocycles. The van der Waals surface area contributed by atoms with Crippen LogP contribution in [0.15, 0.2) is 34.8 Å². The van der Waals surface area contributed by atoms with Crippen LogP contribution in [-0.2, 0) is 29.4 Å². The van der Waals surface area contributed by atoms with Crippen molar-refractivity contribution in [3.05, 3.63) is 56.1 Å². The Kier molecular flexibility index (Phi) is 7.00. The van der Waals surface area contributed by atoms with Crippen LogP contribution in [0.25, 0.3) is 22.5 Å². The van der Waals surface area contributed by atoms with Gasteiger partial charge in [-0.15, -0.1) is 32.9 Å². The predicted octanol–water partition coefficient (Wildman–Crippen LogP) is 5.90. The molecule has 1 aliphatic rings. The molecule has 0 bridgehead atoms. The highest BCUT2D eigenvalue weighted by molar-refractivity contribution is 7.99. The molecule has 0 saturated heterocycles. The minimum atomic E-state index is -0.397. The molecular formula is C26H26N4O3S3. The fraction of sp³-hybridized carbons (Fsp3) is 0.308. The summed E-state index contributed by atoms with van der Waals surface area (Å²) >= 11 is 4.48. The smallest absolute Gasteiger partial charge is 0.341 e. The molecular weight excluding hydrogens is 513 g/mol. The van der Waals surface area contributed by atoms with E-state index in [1.165, 1.54) is 40.6 Å². The van der Waals surface area contributed by atoms with Gasteiger partial charge in [-0.25, -0.2) is 4.79 Å². The first kappa shape index (κ1) is 24.7. The molecule has 3 heterocycles. The van der Waals surface area contributed by atoms with Crippen LogP contribution in [0.5, 0.6) is 0 Å². The number of anilines is 1. The molecule has 10 heteroatoms. The lowest BCUT2D eigenvalue weighted by atomic mass is 10.0. The third kappa shape index (κ3) is 4.60. The Hall–Kier alpha value is -2.95. The van der Waals surface area contributed by atoms with Gasteiger partial charge in [0.05, 0.1) is 18.4 Å². The summed E-state index contributed by atoms with van der Waals surface area (Å²) in [7, 11) is 3.29. The number of ether oxygens (including phenoxy) is 1. The predicted molar refractivity (Wildman–Crippen MR) is 146 cm³/mol. The van der Waals surface area contributed by atoms with E-state index in [4.69, 9.17) is 4.74 Å². The molecule has 186 valence electrons. The Morgan fingerprint density at radius 2 is 1.94 bits per heavy atom. The Morgan fingerprint density at radius 3 is 2.69 bits per heavy atom. The first-order valence-corrected chi connectivity index (χ1v) is 14.3. The molecule has 0 saturated carbocycles. The summed E-state index contributed by atoms with van der Waals surface area (Å²) in [5.74, 6) is 0.329. The molecule has 7 nitrogen and oxygen atoms in total. The van der Waals surface area contributed by atoms with Gasteiger partial charge < -0.3 is 14.6 Å². The second-order valence-electron chi connectivity index (χ2n) is 8.70. The van der Waals surface area contributed by atoms with Gasteiger partial charge in [0.2, 0.25) is 5.91 Å².